The topological polar surface area (TPSA) is 28.2 Å². The van der Waals surface area contributed by atoms with E-state index in [-0.39, 0.29) is 0 Å². The quantitative estimate of drug-likeness (QED) is 0.694. The summed E-state index contributed by atoms with van der Waals surface area (Å²) in [5.41, 5.74) is 6.00. The lowest BCUT2D eigenvalue weighted by Crippen LogP contribution is -2.29. The highest BCUT2D eigenvalue weighted by Crippen LogP contribution is 2.19. The molecule has 1 saturated heterocycles. The SMILES string of the molecule is Cc1cc(CNc2cccc(CN3CCCCC3)c2)nc2ccccc12. The zero-order valence-electron chi connectivity index (χ0n) is 15.5. The van der Waals surface area contributed by atoms with Crippen molar-refractivity contribution in [2.45, 2.75) is 39.3 Å². The third-order valence-electron chi connectivity index (χ3n) is 5.23. The normalized spacial score (nSPS) is 15.3. The number of benzene rings is 2. The van der Waals surface area contributed by atoms with Crippen LogP contribution in [0.3, 0.4) is 0 Å². The van der Waals surface area contributed by atoms with Crippen LogP contribution < -0.4 is 5.32 Å². The number of aryl methyl sites for hydroxylation is 1. The monoisotopic (exact) mass is 345 g/mol. The van der Waals surface area contributed by atoms with Gasteiger partial charge >= 0.3 is 0 Å². The number of nitrogens with one attached hydrogen (secondary N) is 1. The van der Waals surface area contributed by atoms with Crippen LogP contribution in [0.4, 0.5) is 5.69 Å². The lowest BCUT2D eigenvalue weighted by Gasteiger charge is -2.26. The van der Waals surface area contributed by atoms with E-state index in [2.05, 4.69) is 71.7 Å². The summed E-state index contributed by atoms with van der Waals surface area (Å²) in [4.78, 5) is 7.36. The van der Waals surface area contributed by atoms with Crippen LogP contribution in [0.1, 0.15) is 36.1 Å². The van der Waals surface area contributed by atoms with Crippen molar-refractivity contribution in [3.8, 4) is 0 Å². The lowest BCUT2D eigenvalue weighted by atomic mass is 10.1. The molecule has 3 heteroatoms. The molecule has 0 unspecified atom stereocenters. The Morgan fingerprint density at radius 3 is 2.69 bits per heavy atom. The molecule has 2 aromatic carbocycles. The minimum atomic E-state index is 0.749. The molecule has 0 atom stereocenters. The molecule has 1 aliphatic rings. The Labute approximate surface area is 156 Å². The summed E-state index contributed by atoms with van der Waals surface area (Å²) in [5, 5.41) is 4.79. The van der Waals surface area contributed by atoms with Crippen LogP contribution >= 0.6 is 0 Å². The first kappa shape index (κ1) is 17.0. The zero-order valence-corrected chi connectivity index (χ0v) is 15.5. The van der Waals surface area contributed by atoms with Crippen LogP contribution in [0, 0.1) is 6.92 Å². The molecule has 0 saturated carbocycles. The van der Waals surface area contributed by atoms with Crippen LogP contribution in [-0.2, 0) is 13.1 Å². The van der Waals surface area contributed by atoms with E-state index in [9.17, 15) is 0 Å². The Morgan fingerprint density at radius 1 is 0.962 bits per heavy atom. The Morgan fingerprint density at radius 2 is 1.81 bits per heavy atom. The molecule has 0 spiro atoms. The average molecular weight is 345 g/mol. The molecule has 0 radical (unpaired) electrons. The van der Waals surface area contributed by atoms with Gasteiger partial charge in [0, 0.05) is 17.6 Å². The van der Waals surface area contributed by atoms with Gasteiger partial charge in [-0.05, 0) is 68.2 Å². The van der Waals surface area contributed by atoms with E-state index in [0.717, 1.165) is 24.3 Å². The smallest absolute Gasteiger partial charge is 0.0708 e. The standard InChI is InChI=1S/C23H27N3/c1-18-14-21(25-23-11-4-3-10-22(18)23)16-24-20-9-7-8-19(15-20)17-26-12-5-2-6-13-26/h3-4,7-11,14-15,24H,2,5-6,12-13,16-17H2,1H3. The number of piperidine rings is 1. The summed E-state index contributed by atoms with van der Waals surface area (Å²) in [6.45, 7) is 6.43. The first-order chi connectivity index (χ1) is 12.8. The number of pyridine rings is 1. The number of rotatable bonds is 5. The van der Waals surface area contributed by atoms with Crippen molar-refractivity contribution in [1.29, 1.82) is 0 Å². The molecule has 1 N–H and O–H groups in total. The van der Waals surface area contributed by atoms with Crippen molar-refractivity contribution in [1.82, 2.24) is 9.88 Å². The first-order valence-corrected chi connectivity index (χ1v) is 9.68. The van der Waals surface area contributed by atoms with Crippen LogP contribution in [0.2, 0.25) is 0 Å². The highest BCUT2D eigenvalue weighted by atomic mass is 15.1. The van der Waals surface area contributed by atoms with E-state index < -0.39 is 0 Å². The van der Waals surface area contributed by atoms with Gasteiger partial charge in [0.1, 0.15) is 0 Å². The Hall–Kier alpha value is -2.39. The van der Waals surface area contributed by atoms with Gasteiger partial charge in [-0.15, -0.1) is 0 Å². The zero-order chi connectivity index (χ0) is 17.8. The summed E-state index contributed by atoms with van der Waals surface area (Å²) < 4.78 is 0. The minimum Gasteiger partial charge on any atom is -0.379 e. The minimum absolute atomic E-state index is 0.749. The maximum absolute atomic E-state index is 4.80. The first-order valence-electron chi connectivity index (χ1n) is 9.68. The molecule has 1 aromatic heterocycles. The van der Waals surface area contributed by atoms with Gasteiger partial charge in [-0.25, -0.2) is 0 Å². The Balaban J connectivity index is 1.43. The van der Waals surface area contributed by atoms with Gasteiger partial charge in [-0.3, -0.25) is 9.88 Å². The van der Waals surface area contributed by atoms with Crippen LogP contribution in [0.25, 0.3) is 10.9 Å². The molecule has 134 valence electrons. The second kappa shape index (κ2) is 7.88. The molecule has 3 aromatic rings. The van der Waals surface area contributed by atoms with Crippen LogP contribution in [0.5, 0.6) is 0 Å². The molecule has 0 bridgehead atoms. The van der Waals surface area contributed by atoms with Gasteiger partial charge in [0.25, 0.3) is 0 Å². The van der Waals surface area contributed by atoms with Crippen molar-refractivity contribution >= 4 is 16.6 Å². The van der Waals surface area contributed by atoms with Gasteiger partial charge in [-0.2, -0.15) is 0 Å². The van der Waals surface area contributed by atoms with Crippen molar-refractivity contribution in [3.63, 3.8) is 0 Å². The third kappa shape index (κ3) is 4.05. The highest BCUT2D eigenvalue weighted by Gasteiger charge is 2.10. The number of nitrogens with zero attached hydrogens (tertiary/aromatic N) is 2. The van der Waals surface area contributed by atoms with Crippen molar-refractivity contribution in [2.24, 2.45) is 0 Å². The fourth-order valence-electron chi connectivity index (χ4n) is 3.86. The van der Waals surface area contributed by atoms with Gasteiger partial charge in [0.05, 0.1) is 17.8 Å². The summed E-state index contributed by atoms with van der Waals surface area (Å²) in [7, 11) is 0. The molecule has 2 heterocycles. The maximum atomic E-state index is 4.80. The third-order valence-corrected chi connectivity index (χ3v) is 5.23. The van der Waals surface area contributed by atoms with Crippen LogP contribution in [-0.4, -0.2) is 23.0 Å². The van der Waals surface area contributed by atoms with Gasteiger partial charge in [0.2, 0.25) is 0 Å². The molecular weight excluding hydrogens is 318 g/mol. The predicted octanol–water partition coefficient (Wildman–Crippen LogP) is 5.14. The fraction of sp³-hybridized carbons (Fsp3) is 0.348. The second-order valence-corrected chi connectivity index (χ2v) is 7.34. The molecule has 26 heavy (non-hydrogen) atoms. The van der Waals surface area contributed by atoms with E-state index in [0.29, 0.717) is 0 Å². The van der Waals surface area contributed by atoms with E-state index in [4.69, 9.17) is 4.98 Å². The highest BCUT2D eigenvalue weighted by molar-refractivity contribution is 5.82. The van der Waals surface area contributed by atoms with Crippen LogP contribution in [0.15, 0.2) is 54.6 Å². The molecule has 3 nitrogen and oxygen atoms in total. The van der Waals surface area contributed by atoms with Crippen molar-refractivity contribution < 1.29 is 0 Å². The summed E-state index contributed by atoms with van der Waals surface area (Å²) in [5.74, 6) is 0. The number of aromatic nitrogens is 1. The number of anilines is 1. The average Bonchev–Trinajstić information content (AvgIpc) is 2.68. The van der Waals surface area contributed by atoms with E-state index in [1.807, 2.05) is 0 Å². The number of likely N-dealkylation sites (tertiary alicyclic amines) is 1. The van der Waals surface area contributed by atoms with E-state index >= 15 is 0 Å². The van der Waals surface area contributed by atoms with E-state index in [1.54, 1.807) is 0 Å². The van der Waals surface area contributed by atoms with Crippen molar-refractivity contribution in [3.05, 3.63) is 71.4 Å². The van der Waals surface area contributed by atoms with Crippen molar-refractivity contribution in [2.75, 3.05) is 18.4 Å². The second-order valence-electron chi connectivity index (χ2n) is 7.34. The van der Waals surface area contributed by atoms with Gasteiger partial charge < -0.3 is 5.32 Å². The molecule has 4 rings (SSSR count). The summed E-state index contributed by atoms with van der Waals surface area (Å²) in [6.07, 6.45) is 4.06. The fourth-order valence-corrected chi connectivity index (χ4v) is 3.86. The number of hydrogen-bond acceptors (Lipinski definition) is 3. The molecule has 0 aliphatic carbocycles. The Bertz CT molecular complexity index is 882. The lowest BCUT2D eigenvalue weighted by molar-refractivity contribution is 0.221. The molecular formula is C23H27N3. The summed E-state index contributed by atoms with van der Waals surface area (Å²) in [6, 6.07) is 19.4. The van der Waals surface area contributed by atoms with E-state index in [1.165, 1.54) is 54.6 Å². The van der Waals surface area contributed by atoms with Gasteiger partial charge in [-0.1, -0.05) is 36.8 Å². The summed E-state index contributed by atoms with van der Waals surface area (Å²) >= 11 is 0. The molecule has 0 amide bonds. The van der Waals surface area contributed by atoms with Gasteiger partial charge in [0.15, 0.2) is 0 Å². The number of fused-ring (bicyclic) bond motifs is 1. The Kier molecular flexibility index (Phi) is 5.16. The maximum Gasteiger partial charge on any atom is 0.0708 e. The largest absolute Gasteiger partial charge is 0.379 e. The number of para-hydroxylation sites is 1. The molecule has 1 aliphatic heterocycles. The molecule has 1 fully saturated rings. The number of hydrogen-bond donors (Lipinski definition) is 1. The predicted molar refractivity (Wildman–Crippen MR) is 109 cm³/mol.